The molecule has 3 atom stereocenters. The molecule has 1 saturated heterocycles. The van der Waals surface area contributed by atoms with Gasteiger partial charge in [-0.15, -0.1) is 0 Å². The van der Waals surface area contributed by atoms with Crippen molar-refractivity contribution in [3.63, 3.8) is 0 Å². The van der Waals surface area contributed by atoms with E-state index in [1.165, 1.54) is 0 Å². The SMILES string of the molecule is O=C(O)COC1CCCC2C1CNN2C1CCC(C(F)(F)F)CC1. The number of carboxylic acids is 1. The molecule has 8 heteroatoms. The number of hydrazine groups is 1. The molecular formula is C16H25F3N2O3. The van der Waals surface area contributed by atoms with Gasteiger partial charge >= 0.3 is 12.1 Å². The molecule has 1 aliphatic heterocycles. The van der Waals surface area contributed by atoms with Crippen LogP contribution in [0.15, 0.2) is 0 Å². The lowest BCUT2D eigenvalue weighted by Crippen LogP contribution is -2.50. The first-order chi connectivity index (χ1) is 11.4. The molecule has 0 radical (unpaired) electrons. The van der Waals surface area contributed by atoms with Gasteiger partial charge in [-0.25, -0.2) is 9.80 Å². The minimum atomic E-state index is -4.08. The van der Waals surface area contributed by atoms with Crippen molar-refractivity contribution >= 4 is 5.97 Å². The number of halogens is 3. The van der Waals surface area contributed by atoms with Crippen molar-refractivity contribution in [1.82, 2.24) is 10.4 Å². The molecule has 0 spiro atoms. The summed E-state index contributed by atoms with van der Waals surface area (Å²) in [5, 5.41) is 10.9. The lowest BCUT2D eigenvalue weighted by atomic mass is 9.80. The smallest absolute Gasteiger partial charge is 0.391 e. The van der Waals surface area contributed by atoms with Crippen LogP contribution in [-0.2, 0) is 9.53 Å². The van der Waals surface area contributed by atoms with E-state index in [1.807, 2.05) is 0 Å². The van der Waals surface area contributed by atoms with Crippen LogP contribution in [-0.4, -0.2) is 53.6 Å². The van der Waals surface area contributed by atoms with E-state index in [-0.39, 0.29) is 43.6 Å². The van der Waals surface area contributed by atoms with Gasteiger partial charge in [-0.05, 0) is 44.9 Å². The number of nitrogens with zero attached hydrogens (tertiary/aromatic N) is 1. The molecule has 138 valence electrons. The number of carboxylic acid groups (broad SMARTS) is 1. The Labute approximate surface area is 139 Å². The molecule has 3 unspecified atom stereocenters. The highest BCUT2D eigenvalue weighted by Crippen LogP contribution is 2.41. The number of carbonyl (C=O) groups is 1. The average Bonchev–Trinajstić information content (AvgIpc) is 2.96. The number of rotatable bonds is 4. The first kappa shape index (κ1) is 17.9. The second kappa shape index (κ2) is 7.17. The third-order valence-corrected chi connectivity index (χ3v) is 5.80. The quantitative estimate of drug-likeness (QED) is 0.816. The van der Waals surface area contributed by atoms with Gasteiger partial charge in [-0.3, -0.25) is 5.43 Å². The maximum atomic E-state index is 12.8. The van der Waals surface area contributed by atoms with Crippen LogP contribution in [0.3, 0.4) is 0 Å². The third-order valence-electron chi connectivity index (χ3n) is 5.80. The van der Waals surface area contributed by atoms with Crippen LogP contribution in [0.5, 0.6) is 0 Å². The summed E-state index contributed by atoms with van der Waals surface area (Å²) in [5.41, 5.74) is 3.36. The molecule has 3 aliphatic rings. The number of hydrogen-bond donors (Lipinski definition) is 2. The second-order valence-corrected chi connectivity index (χ2v) is 7.22. The van der Waals surface area contributed by atoms with Gasteiger partial charge < -0.3 is 9.84 Å². The molecular weight excluding hydrogens is 325 g/mol. The van der Waals surface area contributed by atoms with Crippen molar-refractivity contribution in [2.45, 2.75) is 69.3 Å². The summed E-state index contributed by atoms with van der Waals surface area (Å²) in [6.45, 7) is 0.429. The van der Waals surface area contributed by atoms with Crippen molar-refractivity contribution in [2.24, 2.45) is 11.8 Å². The van der Waals surface area contributed by atoms with Crippen LogP contribution in [0.4, 0.5) is 13.2 Å². The van der Waals surface area contributed by atoms with Crippen LogP contribution in [0.2, 0.25) is 0 Å². The largest absolute Gasteiger partial charge is 0.480 e. The van der Waals surface area contributed by atoms with Gasteiger partial charge in [0.05, 0.1) is 12.0 Å². The normalized spacial score (nSPS) is 38.0. The molecule has 0 aromatic heterocycles. The number of ether oxygens (including phenoxy) is 1. The van der Waals surface area contributed by atoms with Crippen LogP contribution in [0.25, 0.3) is 0 Å². The molecule has 2 saturated carbocycles. The van der Waals surface area contributed by atoms with Crippen LogP contribution in [0, 0.1) is 11.8 Å². The van der Waals surface area contributed by atoms with Crippen molar-refractivity contribution in [3.05, 3.63) is 0 Å². The Morgan fingerprint density at radius 2 is 1.88 bits per heavy atom. The minimum absolute atomic E-state index is 0.0798. The fraction of sp³-hybridized carbons (Fsp3) is 0.938. The second-order valence-electron chi connectivity index (χ2n) is 7.22. The van der Waals surface area contributed by atoms with Gasteiger partial charge in [0.2, 0.25) is 0 Å². The fourth-order valence-electron chi connectivity index (χ4n) is 4.61. The van der Waals surface area contributed by atoms with E-state index >= 15 is 0 Å². The molecule has 3 rings (SSSR count). The molecule has 1 heterocycles. The van der Waals surface area contributed by atoms with E-state index in [4.69, 9.17) is 9.84 Å². The van der Waals surface area contributed by atoms with Gasteiger partial charge in [-0.1, -0.05) is 0 Å². The molecule has 3 fully saturated rings. The van der Waals surface area contributed by atoms with E-state index in [0.29, 0.717) is 19.4 Å². The molecule has 24 heavy (non-hydrogen) atoms. The van der Waals surface area contributed by atoms with Gasteiger partial charge in [0.25, 0.3) is 0 Å². The van der Waals surface area contributed by atoms with Gasteiger partial charge in [0.1, 0.15) is 6.61 Å². The van der Waals surface area contributed by atoms with Gasteiger partial charge in [0, 0.05) is 24.5 Å². The first-order valence-corrected chi connectivity index (χ1v) is 8.78. The van der Waals surface area contributed by atoms with E-state index in [1.54, 1.807) is 0 Å². The highest BCUT2D eigenvalue weighted by atomic mass is 19.4. The van der Waals surface area contributed by atoms with Crippen molar-refractivity contribution in [2.75, 3.05) is 13.2 Å². The van der Waals surface area contributed by atoms with Crippen molar-refractivity contribution in [3.8, 4) is 0 Å². The number of hydrogen-bond acceptors (Lipinski definition) is 4. The van der Waals surface area contributed by atoms with Crippen LogP contribution < -0.4 is 5.43 Å². The highest BCUT2D eigenvalue weighted by Gasteiger charge is 2.47. The van der Waals surface area contributed by atoms with E-state index < -0.39 is 18.1 Å². The van der Waals surface area contributed by atoms with Crippen molar-refractivity contribution < 1.29 is 27.8 Å². The topological polar surface area (TPSA) is 61.8 Å². The van der Waals surface area contributed by atoms with E-state index in [0.717, 1.165) is 19.3 Å². The Morgan fingerprint density at radius 3 is 2.50 bits per heavy atom. The average molecular weight is 350 g/mol. The molecule has 2 aliphatic carbocycles. The van der Waals surface area contributed by atoms with Gasteiger partial charge in [-0.2, -0.15) is 13.2 Å². The summed E-state index contributed by atoms with van der Waals surface area (Å²) >= 11 is 0. The first-order valence-electron chi connectivity index (χ1n) is 8.78. The third kappa shape index (κ3) is 3.86. The minimum Gasteiger partial charge on any atom is -0.480 e. The lowest BCUT2D eigenvalue weighted by molar-refractivity contribution is -0.185. The number of alkyl halides is 3. The van der Waals surface area contributed by atoms with Gasteiger partial charge in [0.15, 0.2) is 0 Å². The zero-order valence-corrected chi connectivity index (χ0v) is 13.6. The maximum Gasteiger partial charge on any atom is 0.391 e. The summed E-state index contributed by atoms with van der Waals surface area (Å²) in [6, 6.07) is 0.377. The summed E-state index contributed by atoms with van der Waals surface area (Å²) < 4.78 is 44.0. The number of aliphatic carboxylic acids is 1. The Balaban J connectivity index is 1.56. The molecule has 0 aromatic carbocycles. The fourth-order valence-corrected chi connectivity index (χ4v) is 4.61. The Kier molecular flexibility index (Phi) is 5.36. The number of nitrogens with one attached hydrogen (secondary N) is 1. The predicted molar refractivity (Wildman–Crippen MR) is 80.1 cm³/mol. The molecule has 0 bridgehead atoms. The van der Waals surface area contributed by atoms with Crippen molar-refractivity contribution in [1.29, 1.82) is 0 Å². The standard InChI is InChI=1S/C16H25F3N2O3/c17-16(18,19)10-4-6-11(7-5-10)21-13-2-1-3-14(12(13)8-20-21)24-9-15(22)23/h10-14,20H,1-9H2,(H,22,23). The Hall–Kier alpha value is -0.860. The van der Waals surface area contributed by atoms with E-state index in [9.17, 15) is 18.0 Å². The monoisotopic (exact) mass is 350 g/mol. The number of fused-ring (bicyclic) bond motifs is 1. The molecule has 0 amide bonds. The maximum absolute atomic E-state index is 12.8. The Morgan fingerprint density at radius 1 is 1.17 bits per heavy atom. The zero-order valence-electron chi connectivity index (χ0n) is 13.6. The van der Waals surface area contributed by atoms with Crippen LogP contribution >= 0.6 is 0 Å². The zero-order chi connectivity index (χ0) is 17.3. The summed E-state index contributed by atoms with van der Waals surface area (Å²) in [6.07, 6.45) is 0.152. The Bertz CT molecular complexity index is 452. The predicted octanol–water partition coefficient (Wildman–Crippen LogP) is 2.57. The molecule has 0 aromatic rings. The molecule has 2 N–H and O–H groups in total. The summed E-state index contributed by atoms with van der Waals surface area (Å²) in [4.78, 5) is 10.7. The lowest BCUT2D eigenvalue weighted by Gasteiger charge is -2.41. The summed E-state index contributed by atoms with van der Waals surface area (Å²) in [5.74, 6) is -1.91. The highest BCUT2D eigenvalue weighted by molar-refractivity contribution is 5.68. The van der Waals surface area contributed by atoms with Crippen LogP contribution in [0.1, 0.15) is 44.9 Å². The summed E-state index contributed by atoms with van der Waals surface area (Å²) in [7, 11) is 0. The van der Waals surface area contributed by atoms with E-state index in [2.05, 4.69) is 10.4 Å². The molecule has 5 nitrogen and oxygen atoms in total.